The second-order valence-corrected chi connectivity index (χ2v) is 6.32. The molecule has 0 aliphatic rings. The van der Waals surface area contributed by atoms with Crippen LogP contribution >= 0.6 is 0 Å². The minimum atomic E-state index is 0.387. The molecule has 0 rings (SSSR count). The zero-order valence-electron chi connectivity index (χ0n) is 12.0. The molecule has 0 aromatic rings. The van der Waals surface area contributed by atoms with Gasteiger partial charge in [-0.2, -0.15) is 0 Å². The average Bonchev–Trinajstić information content (AvgIpc) is 2.19. The van der Waals surface area contributed by atoms with Crippen LogP contribution < -0.4 is 11.1 Å². The zero-order chi connectivity index (χ0) is 12.6. The van der Waals surface area contributed by atoms with Crippen LogP contribution in [-0.2, 0) is 0 Å². The Hall–Kier alpha value is -0.0800. The van der Waals surface area contributed by atoms with Crippen LogP contribution in [0.5, 0.6) is 0 Å². The SMILES string of the molecule is CCCCC(C)NCC(CN)CC(C)(C)C. The number of rotatable bonds is 8. The molecule has 98 valence electrons. The van der Waals surface area contributed by atoms with Gasteiger partial charge in [-0.15, -0.1) is 0 Å². The summed E-state index contributed by atoms with van der Waals surface area (Å²) >= 11 is 0. The highest BCUT2D eigenvalue weighted by molar-refractivity contribution is 4.73. The first-order chi connectivity index (χ1) is 7.39. The van der Waals surface area contributed by atoms with Gasteiger partial charge >= 0.3 is 0 Å². The van der Waals surface area contributed by atoms with Crippen LogP contribution in [0.15, 0.2) is 0 Å². The van der Waals surface area contributed by atoms with Crippen molar-refractivity contribution >= 4 is 0 Å². The third-order valence-corrected chi connectivity index (χ3v) is 2.98. The second-order valence-electron chi connectivity index (χ2n) is 6.32. The molecule has 2 heteroatoms. The molecule has 0 fully saturated rings. The van der Waals surface area contributed by atoms with Crippen LogP contribution in [0, 0.1) is 11.3 Å². The molecule has 0 heterocycles. The van der Waals surface area contributed by atoms with Crippen LogP contribution in [0.25, 0.3) is 0 Å². The Labute approximate surface area is 102 Å². The van der Waals surface area contributed by atoms with Crippen LogP contribution in [0.4, 0.5) is 0 Å². The molecule has 0 bridgehead atoms. The molecule has 3 N–H and O–H groups in total. The van der Waals surface area contributed by atoms with Crippen molar-refractivity contribution in [2.24, 2.45) is 17.1 Å². The van der Waals surface area contributed by atoms with Gasteiger partial charge in [0.25, 0.3) is 0 Å². The maximum atomic E-state index is 5.83. The van der Waals surface area contributed by atoms with Crippen LogP contribution in [0.3, 0.4) is 0 Å². The minimum absolute atomic E-state index is 0.387. The molecule has 0 amide bonds. The highest BCUT2D eigenvalue weighted by Crippen LogP contribution is 2.23. The van der Waals surface area contributed by atoms with E-state index in [2.05, 4.69) is 39.9 Å². The molecule has 2 nitrogen and oxygen atoms in total. The molecule has 2 atom stereocenters. The van der Waals surface area contributed by atoms with E-state index in [4.69, 9.17) is 5.73 Å². The Morgan fingerprint density at radius 2 is 1.88 bits per heavy atom. The van der Waals surface area contributed by atoms with E-state index in [9.17, 15) is 0 Å². The summed E-state index contributed by atoms with van der Waals surface area (Å²) in [5.74, 6) is 0.615. The first-order valence-electron chi connectivity index (χ1n) is 6.82. The van der Waals surface area contributed by atoms with E-state index >= 15 is 0 Å². The summed E-state index contributed by atoms with van der Waals surface area (Å²) in [5, 5.41) is 3.61. The lowest BCUT2D eigenvalue weighted by Gasteiger charge is -2.26. The number of unbranched alkanes of at least 4 members (excludes halogenated alkanes) is 1. The number of hydrogen-bond donors (Lipinski definition) is 2. The Kier molecular flexibility index (Phi) is 8.04. The normalized spacial score (nSPS) is 16.1. The Balaban J connectivity index is 3.78. The van der Waals surface area contributed by atoms with Gasteiger partial charge in [-0.25, -0.2) is 0 Å². The van der Waals surface area contributed by atoms with Crippen LogP contribution in [0.2, 0.25) is 0 Å². The van der Waals surface area contributed by atoms with Crippen molar-refractivity contribution < 1.29 is 0 Å². The smallest absolute Gasteiger partial charge is 0.00388 e. The first-order valence-corrected chi connectivity index (χ1v) is 6.82. The standard InChI is InChI=1S/C14H32N2/c1-6-7-8-12(2)16-11-13(10-15)9-14(3,4)5/h12-13,16H,6-11,15H2,1-5H3. The van der Waals surface area contributed by atoms with E-state index in [0.717, 1.165) is 13.1 Å². The average molecular weight is 228 g/mol. The summed E-state index contributed by atoms with van der Waals surface area (Å²) in [5.41, 5.74) is 6.21. The van der Waals surface area contributed by atoms with E-state index < -0.39 is 0 Å². The molecule has 16 heavy (non-hydrogen) atoms. The van der Waals surface area contributed by atoms with Crippen molar-refractivity contribution in [3.05, 3.63) is 0 Å². The number of hydrogen-bond acceptors (Lipinski definition) is 2. The van der Waals surface area contributed by atoms with Gasteiger partial charge < -0.3 is 11.1 Å². The lowest BCUT2D eigenvalue weighted by Crippen LogP contribution is -2.35. The quantitative estimate of drug-likeness (QED) is 0.670. The van der Waals surface area contributed by atoms with Crippen molar-refractivity contribution in [1.82, 2.24) is 5.32 Å². The molecular formula is C14H32N2. The summed E-state index contributed by atoms with van der Waals surface area (Å²) in [7, 11) is 0. The van der Waals surface area contributed by atoms with Crippen molar-refractivity contribution in [1.29, 1.82) is 0 Å². The van der Waals surface area contributed by atoms with E-state index in [0.29, 0.717) is 17.4 Å². The van der Waals surface area contributed by atoms with Gasteiger partial charge in [0, 0.05) is 6.04 Å². The summed E-state index contributed by atoms with van der Waals surface area (Å²) in [4.78, 5) is 0. The molecule has 0 aromatic carbocycles. The van der Waals surface area contributed by atoms with Crippen molar-refractivity contribution in [2.75, 3.05) is 13.1 Å². The second kappa shape index (κ2) is 8.08. The van der Waals surface area contributed by atoms with Crippen molar-refractivity contribution in [3.63, 3.8) is 0 Å². The fourth-order valence-electron chi connectivity index (χ4n) is 2.09. The highest BCUT2D eigenvalue weighted by atomic mass is 14.9. The van der Waals surface area contributed by atoms with E-state index in [1.165, 1.54) is 25.7 Å². The summed E-state index contributed by atoms with van der Waals surface area (Å²) < 4.78 is 0. The number of nitrogens with one attached hydrogen (secondary N) is 1. The molecule has 0 radical (unpaired) electrons. The molecule has 2 unspecified atom stereocenters. The Morgan fingerprint density at radius 1 is 1.25 bits per heavy atom. The monoisotopic (exact) mass is 228 g/mol. The predicted octanol–water partition coefficient (Wildman–Crippen LogP) is 3.17. The van der Waals surface area contributed by atoms with Gasteiger partial charge in [0.1, 0.15) is 0 Å². The van der Waals surface area contributed by atoms with Crippen LogP contribution in [0.1, 0.15) is 60.3 Å². The van der Waals surface area contributed by atoms with E-state index in [-0.39, 0.29) is 0 Å². The molecule has 0 spiro atoms. The van der Waals surface area contributed by atoms with Gasteiger partial charge in [-0.1, -0.05) is 40.5 Å². The van der Waals surface area contributed by atoms with E-state index in [1.807, 2.05) is 0 Å². The summed E-state index contributed by atoms with van der Waals surface area (Å²) in [6.07, 6.45) is 5.09. The lowest BCUT2D eigenvalue weighted by molar-refractivity contribution is 0.282. The molecular weight excluding hydrogens is 196 g/mol. The van der Waals surface area contributed by atoms with Gasteiger partial charge in [0.05, 0.1) is 0 Å². The Bertz CT molecular complexity index is 161. The highest BCUT2D eigenvalue weighted by Gasteiger charge is 2.17. The molecule has 0 aliphatic carbocycles. The third-order valence-electron chi connectivity index (χ3n) is 2.98. The predicted molar refractivity (Wildman–Crippen MR) is 73.6 cm³/mol. The third kappa shape index (κ3) is 9.17. The fraction of sp³-hybridized carbons (Fsp3) is 1.00. The minimum Gasteiger partial charge on any atom is -0.330 e. The molecule has 0 aliphatic heterocycles. The summed E-state index contributed by atoms with van der Waals surface area (Å²) in [6, 6.07) is 0.633. The topological polar surface area (TPSA) is 38.0 Å². The van der Waals surface area contributed by atoms with Gasteiger partial charge in [0.15, 0.2) is 0 Å². The van der Waals surface area contributed by atoms with Crippen LogP contribution in [-0.4, -0.2) is 19.1 Å². The van der Waals surface area contributed by atoms with Gasteiger partial charge in [-0.05, 0) is 44.2 Å². The maximum absolute atomic E-state index is 5.83. The molecule has 0 saturated carbocycles. The first kappa shape index (κ1) is 15.9. The largest absolute Gasteiger partial charge is 0.330 e. The number of nitrogens with two attached hydrogens (primary N) is 1. The molecule has 0 saturated heterocycles. The van der Waals surface area contributed by atoms with E-state index in [1.54, 1.807) is 0 Å². The summed E-state index contributed by atoms with van der Waals surface area (Å²) in [6.45, 7) is 13.3. The fourth-order valence-corrected chi connectivity index (χ4v) is 2.09. The zero-order valence-corrected chi connectivity index (χ0v) is 12.0. The molecule has 0 aromatic heterocycles. The lowest BCUT2D eigenvalue weighted by atomic mass is 9.84. The van der Waals surface area contributed by atoms with Gasteiger partial charge in [0.2, 0.25) is 0 Å². The van der Waals surface area contributed by atoms with Crippen molar-refractivity contribution in [3.8, 4) is 0 Å². The van der Waals surface area contributed by atoms with Gasteiger partial charge in [-0.3, -0.25) is 0 Å². The Morgan fingerprint density at radius 3 is 2.31 bits per heavy atom. The van der Waals surface area contributed by atoms with Crippen molar-refractivity contribution in [2.45, 2.75) is 66.3 Å². The maximum Gasteiger partial charge on any atom is 0.00388 e.